The van der Waals surface area contributed by atoms with Gasteiger partial charge in [-0.25, -0.2) is 0 Å². The molecule has 1 aromatic carbocycles. The summed E-state index contributed by atoms with van der Waals surface area (Å²) in [6, 6.07) is 6.96. The smallest absolute Gasteiger partial charge is 0.258 e. The van der Waals surface area contributed by atoms with E-state index in [1.54, 1.807) is 30.0 Å². The zero-order chi connectivity index (χ0) is 11.4. The average molecular weight is 237 g/mol. The van der Waals surface area contributed by atoms with Crippen molar-refractivity contribution in [3.63, 3.8) is 0 Å². The minimum atomic E-state index is -0.328. The first kappa shape index (κ1) is 11.5. The molecule has 0 bridgehead atoms. The lowest BCUT2D eigenvalue weighted by Crippen LogP contribution is -2.07. The highest BCUT2D eigenvalue weighted by Crippen LogP contribution is 2.34. The first-order valence-corrected chi connectivity index (χ1v) is 6.55. The van der Waals surface area contributed by atoms with Gasteiger partial charge in [0.2, 0.25) is 0 Å². The van der Waals surface area contributed by atoms with Crippen LogP contribution in [0, 0.1) is 10.1 Å². The molecule has 0 amide bonds. The van der Waals surface area contributed by atoms with Crippen LogP contribution in [-0.2, 0) is 0 Å². The number of rotatable bonds is 3. The van der Waals surface area contributed by atoms with Crippen molar-refractivity contribution in [3.05, 3.63) is 34.4 Å². The molecule has 0 aromatic heterocycles. The predicted molar refractivity (Wildman–Crippen MR) is 65.8 cm³/mol. The molecule has 0 saturated heterocycles. The quantitative estimate of drug-likeness (QED) is 0.589. The Morgan fingerprint density at radius 1 is 1.25 bits per heavy atom. The third-order valence-electron chi connectivity index (χ3n) is 2.88. The van der Waals surface area contributed by atoms with E-state index in [0.29, 0.717) is 5.25 Å². The minimum absolute atomic E-state index is 0.195. The van der Waals surface area contributed by atoms with E-state index in [0.717, 1.165) is 4.90 Å². The SMILES string of the molecule is O=[N+]([O-])c1cccc(SC2CCCCC2)c1. The first-order chi connectivity index (χ1) is 7.75. The van der Waals surface area contributed by atoms with Crippen molar-refractivity contribution in [3.8, 4) is 0 Å². The molecule has 0 unspecified atom stereocenters. The Kier molecular flexibility index (Phi) is 3.83. The van der Waals surface area contributed by atoms with Gasteiger partial charge in [-0.3, -0.25) is 10.1 Å². The van der Waals surface area contributed by atoms with Gasteiger partial charge in [-0.15, -0.1) is 11.8 Å². The highest BCUT2D eigenvalue weighted by molar-refractivity contribution is 8.00. The Morgan fingerprint density at radius 3 is 2.69 bits per heavy atom. The van der Waals surface area contributed by atoms with E-state index in [4.69, 9.17) is 0 Å². The molecule has 4 heteroatoms. The number of benzene rings is 1. The second kappa shape index (κ2) is 5.34. The van der Waals surface area contributed by atoms with Gasteiger partial charge in [-0.05, 0) is 18.9 Å². The normalized spacial score (nSPS) is 17.2. The van der Waals surface area contributed by atoms with Gasteiger partial charge >= 0.3 is 0 Å². The number of thioether (sulfide) groups is 1. The van der Waals surface area contributed by atoms with Gasteiger partial charge in [0.15, 0.2) is 0 Å². The van der Waals surface area contributed by atoms with Crippen molar-refractivity contribution in [2.45, 2.75) is 42.2 Å². The molecule has 1 fully saturated rings. The van der Waals surface area contributed by atoms with Gasteiger partial charge in [-0.1, -0.05) is 25.3 Å². The van der Waals surface area contributed by atoms with Crippen LogP contribution in [0.3, 0.4) is 0 Å². The third kappa shape index (κ3) is 2.98. The summed E-state index contributed by atoms with van der Waals surface area (Å²) in [6.45, 7) is 0. The summed E-state index contributed by atoms with van der Waals surface area (Å²) in [5, 5.41) is 11.3. The maximum absolute atomic E-state index is 10.6. The Hall–Kier alpha value is -1.03. The zero-order valence-corrected chi connectivity index (χ0v) is 9.91. The van der Waals surface area contributed by atoms with Gasteiger partial charge in [0.25, 0.3) is 5.69 Å². The molecule has 0 radical (unpaired) electrons. The van der Waals surface area contributed by atoms with Crippen LogP contribution in [0.15, 0.2) is 29.2 Å². The molecule has 86 valence electrons. The van der Waals surface area contributed by atoms with Gasteiger partial charge in [0.05, 0.1) is 4.92 Å². The van der Waals surface area contributed by atoms with E-state index in [-0.39, 0.29) is 10.6 Å². The molecule has 2 rings (SSSR count). The van der Waals surface area contributed by atoms with Crippen molar-refractivity contribution < 1.29 is 4.92 Å². The summed E-state index contributed by atoms with van der Waals surface area (Å²) >= 11 is 1.79. The second-order valence-corrected chi connectivity index (χ2v) is 5.51. The van der Waals surface area contributed by atoms with Gasteiger partial charge in [0, 0.05) is 22.3 Å². The van der Waals surface area contributed by atoms with Crippen molar-refractivity contribution in [2.75, 3.05) is 0 Å². The van der Waals surface area contributed by atoms with Gasteiger partial charge in [-0.2, -0.15) is 0 Å². The van der Waals surface area contributed by atoms with Crippen molar-refractivity contribution >= 4 is 17.4 Å². The summed E-state index contributed by atoms with van der Waals surface area (Å²) in [5.41, 5.74) is 0.195. The van der Waals surface area contributed by atoms with E-state index >= 15 is 0 Å². The van der Waals surface area contributed by atoms with Crippen molar-refractivity contribution in [2.24, 2.45) is 0 Å². The van der Waals surface area contributed by atoms with E-state index in [2.05, 4.69) is 0 Å². The van der Waals surface area contributed by atoms with Crippen LogP contribution in [0.1, 0.15) is 32.1 Å². The fourth-order valence-electron chi connectivity index (χ4n) is 2.05. The van der Waals surface area contributed by atoms with Crippen molar-refractivity contribution in [1.82, 2.24) is 0 Å². The highest BCUT2D eigenvalue weighted by Gasteiger charge is 2.15. The van der Waals surface area contributed by atoms with Crippen LogP contribution < -0.4 is 0 Å². The maximum atomic E-state index is 10.6. The summed E-state index contributed by atoms with van der Waals surface area (Å²) in [6.07, 6.45) is 6.42. The summed E-state index contributed by atoms with van der Waals surface area (Å²) in [5.74, 6) is 0. The molecule has 0 N–H and O–H groups in total. The summed E-state index contributed by atoms with van der Waals surface area (Å²) in [4.78, 5) is 11.3. The van der Waals surface area contributed by atoms with E-state index < -0.39 is 0 Å². The second-order valence-electron chi connectivity index (χ2n) is 4.13. The number of nitro benzene ring substituents is 1. The topological polar surface area (TPSA) is 43.1 Å². The molecule has 0 heterocycles. The number of non-ortho nitro benzene ring substituents is 1. The lowest BCUT2D eigenvalue weighted by Gasteiger charge is -2.20. The molecule has 1 saturated carbocycles. The minimum Gasteiger partial charge on any atom is -0.258 e. The van der Waals surface area contributed by atoms with E-state index in [9.17, 15) is 10.1 Å². The van der Waals surface area contributed by atoms with Crippen LogP contribution >= 0.6 is 11.8 Å². The molecule has 1 aliphatic carbocycles. The van der Waals surface area contributed by atoms with E-state index in [1.165, 1.54) is 32.1 Å². The molecule has 1 aromatic rings. The first-order valence-electron chi connectivity index (χ1n) is 5.67. The van der Waals surface area contributed by atoms with Crippen molar-refractivity contribution in [1.29, 1.82) is 0 Å². The summed E-state index contributed by atoms with van der Waals surface area (Å²) < 4.78 is 0. The Morgan fingerprint density at radius 2 is 2.00 bits per heavy atom. The molecule has 0 spiro atoms. The van der Waals surface area contributed by atoms with Crippen LogP contribution in [0.25, 0.3) is 0 Å². The molecular formula is C12H15NO2S. The van der Waals surface area contributed by atoms with Crippen LogP contribution in [0.5, 0.6) is 0 Å². The van der Waals surface area contributed by atoms with Gasteiger partial charge in [0.1, 0.15) is 0 Å². The predicted octanol–water partition coefficient (Wildman–Crippen LogP) is 4.02. The number of hydrogen-bond acceptors (Lipinski definition) is 3. The van der Waals surface area contributed by atoms with Crippen LogP contribution in [-0.4, -0.2) is 10.2 Å². The Bertz CT molecular complexity index is 375. The third-order valence-corrected chi connectivity index (χ3v) is 4.21. The number of hydrogen-bond donors (Lipinski definition) is 0. The Labute approximate surface area is 99.4 Å². The molecule has 0 aliphatic heterocycles. The molecule has 3 nitrogen and oxygen atoms in total. The van der Waals surface area contributed by atoms with Crippen LogP contribution in [0.2, 0.25) is 0 Å². The molecular weight excluding hydrogens is 222 g/mol. The summed E-state index contributed by atoms with van der Waals surface area (Å²) in [7, 11) is 0. The lowest BCUT2D eigenvalue weighted by molar-refractivity contribution is -0.385. The molecule has 1 aliphatic rings. The standard InChI is InChI=1S/C12H15NO2S/c14-13(15)10-5-4-8-12(9-10)16-11-6-2-1-3-7-11/h4-5,8-9,11H,1-3,6-7H2. The number of nitro groups is 1. The lowest BCUT2D eigenvalue weighted by atomic mass is 10.0. The zero-order valence-electron chi connectivity index (χ0n) is 9.09. The molecule has 0 atom stereocenters. The average Bonchev–Trinajstić information content (AvgIpc) is 2.30. The van der Waals surface area contributed by atoms with Crippen LogP contribution in [0.4, 0.5) is 5.69 Å². The highest BCUT2D eigenvalue weighted by atomic mass is 32.2. The fraction of sp³-hybridized carbons (Fsp3) is 0.500. The van der Waals surface area contributed by atoms with Gasteiger partial charge < -0.3 is 0 Å². The van der Waals surface area contributed by atoms with E-state index in [1.807, 2.05) is 6.07 Å². The molecule has 16 heavy (non-hydrogen) atoms. The number of nitrogens with zero attached hydrogens (tertiary/aromatic N) is 1. The maximum Gasteiger partial charge on any atom is 0.270 e. The monoisotopic (exact) mass is 237 g/mol. The fourth-order valence-corrected chi connectivity index (χ4v) is 3.35. The largest absolute Gasteiger partial charge is 0.270 e. The Balaban J connectivity index is 2.02.